The second-order valence-corrected chi connectivity index (χ2v) is 8.10. The number of carbonyl (C=O) groups is 2. The fourth-order valence-corrected chi connectivity index (χ4v) is 3.92. The van der Waals surface area contributed by atoms with E-state index in [0.717, 1.165) is 11.5 Å². The van der Waals surface area contributed by atoms with Crippen molar-refractivity contribution >= 4 is 46.4 Å². The molecule has 0 aliphatic heterocycles. The standard InChI is InChI=1S/C23H20N4O6S2/c1-30-16-8-6-14(11-19(16)32-3)21(29)33-17-7-5-13(10-18(17)31-2)9-15(12-24)20(28)25-22-26-23(34-4)27-35-22/h5-11H,1-4H3,(H,25,26,27,28). The number of hydrogen-bond donors (Lipinski definition) is 1. The van der Waals surface area contributed by atoms with Gasteiger partial charge in [-0.1, -0.05) is 17.8 Å². The fourth-order valence-electron chi connectivity index (χ4n) is 2.80. The van der Waals surface area contributed by atoms with Crippen LogP contribution in [-0.4, -0.2) is 48.8 Å². The van der Waals surface area contributed by atoms with Crippen LogP contribution in [0.5, 0.6) is 23.0 Å². The van der Waals surface area contributed by atoms with Crippen molar-refractivity contribution in [1.82, 2.24) is 9.36 Å². The highest BCUT2D eigenvalue weighted by Gasteiger charge is 2.17. The van der Waals surface area contributed by atoms with E-state index in [1.54, 1.807) is 24.3 Å². The van der Waals surface area contributed by atoms with E-state index in [9.17, 15) is 14.9 Å². The van der Waals surface area contributed by atoms with Gasteiger partial charge in [0.05, 0.1) is 26.9 Å². The monoisotopic (exact) mass is 512 g/mol. The highest BCUT2D eigenvalue weighted by Crippen LogP contribution is 2.32. The first-order chi connectivity index (χ1) is 16.9. The van der Waals surface area contributed by atoms with Crippen molar-refractivity contribution in [2.24, 2.45) is 0 Å². The van der Waals surface area contributed by atoms with Crippen LogP contribution in [-0.2, 0) is 4.79 Å². The third kappa shape index (κ3) is 6.28. The van der Waals surface area contributed by atoms with Crippen molar-refractivity contribution in [3.63, 3.8) is 0 Å². The highest BCUT2D eigenvalue weighted by atomic mass is 32.2. The van der Waals surface area contributed by atoms with E-state index >= 15 is 0 Å². The van der Waals surface area contributed by atoms with Gasteiger partial charge in [0.1, 0.15) is 11.6 Å². The van der Waals surface area contributed by atoms with Gasteiger partial charge in [-0.15, -0.1) is 0 Å². The molecule has 10 nitrogen and oxygen atoms in total. The SMILES string of the molecule is COc1ccc(C(=O)Oc2ccc(C=C(C#N)C(=O)Nc3nc(SC)ns3)cc2OC)cc1OC. The Morgan fingerprint density at radius 2 is 1.71 bits per heavy atom. The van der Waals surface area contributed by atoms with E-state index < -0.39 is 11.9 Å². The lowest BCUT2D eigenvalue weighted by molar-refractivity contribution is -0.112. The molecule has 12 heteroatoms. The molecule has 2 aromatic carbocycles. The summed E-state index contributed by atoms with van der Waals surface area (Å²) in [6, 6.07) is 11.1. The minimum atomic E-state index is -0.633. The summed E-state index contributed by atoms with van der Waals surface area (Å²) in [6.07, 6.45) is 3.20. The molecular formula is C23H20N4O6S2. The number of esters is 1. The lowest BCUT2D eigenvalue weighted by Gasteiger charge is -2.12. The summed E-state index contributed by atoms with van der Waals surface area (Å²) >= 11 is 2.36. The average molecular weight is 513 g/mol. The number of anilines is 1. The first-order valence-electron chi connectivity index (χ1n) is 9.85. The molecule has 0 aliphatic carbocycles. The number of rotatable bonds is 9. The summed E-state index contributed by atoms with van der Waals surface area (Å²) in [6.45, 7) is 0. The molecule has 0 bridgehead atoms. The summed E-state index contributed by atoms with van der Waals surface area (Å²) in [5, 5.41) is 12.8. The van der Waals surface area contributed by atoms with Gasteiger partial charge in [-0.25, -0.2) is 4.79 Å². The van der Waals surface area contributed by atoms with E-state index in [1.165, 1.54) is 51.3 Å². The van der Waals surface area contributed by atoms with Gasteiger partial charge in [0.25, 0.3) is 5.91 Å². The largest absolute Gasteiger partial charge is 0.493 e. The Labute approximate surface area is 209 Å². The molecule has 1 N–H and O–H groups in total. The molecule has 1 amide bonds. The minimum absolute atomic E-state index is 0.150. The predicted octanol–water partition coefficient (Wildman–Crippen LogP) is 4.05. The normalized spacial score (nSPS) is 10.8. The van der Waals surface area contributed by atoms with E-state index in [4.69, 9.17) is 18.9 Å². The van der Waals surface area contributed by atoms with Crippen LogP contribution >= 0.6 is 23.3 Å². The van der Waals surface area contributed by atoms with Crippen molar-refractivity contribution < 1.29 is 28.5 Å². The van der Waals surface area contributed by atoms with Crippen LogP contribution in [0.1, 0.15) is 15.9 Å². The zero-order chi connectivity index (χ0) is 25.4. The molecule has 3 aromatic rings. The number of nitrogens with zero attached hydrogens (tertiary/aromatic N) is 3. The third-order valence-corrected chi connectivity index (χ3v) is 5.79. The number of ether oxygens (including phenoxy) is 4. The number of carbonyl (C=O) groups excluding carboxylic acids is 2. The molecule has 3 rings (SSSR count). The Morgan fingerprint density at radius 3 is 2.34 bits per heavy atom. The number of hydrogen-bond acceptors (Lipinski definition) is 11. The first kappa shape index (κ1) is 25.5. The molecular weight excluding hydrogens is 492 g/mol. The van der Waals surface area contributed by atoms with Gasteiger partial charge in [0.15, 0.2) is 23.0 Å². The lowest BCUT2D eigenvalue weighted by Crippen LogP contribution is -2.13. The van der Waals surface area contributed by atoms with Gasteiger partial charge in [-0.3, -0.25) is 10.1 Å². The third-order valence-electron chi connectivity index (χ3n) is 4.50. The van der Waals surface area contributed by atoms with Gasteiger partial charge in [-0.2, -0.15) is 14.6 Å². The quantitative estimate of drug-likeness (QED) is 0.147. The highest BCUT2D eigenvalue weighted by molar-refractivity contribution is 7.98. The van der Waals surface area contributed by atoms with E-state index in [-0.39, 0.29) is 27.8 Å². The second-order valence-electron chi connectivity index (χ2n) is 6.58. The number of nitrogens with one attached hydrogen (secondary N) is 1. The van der Waals surface area contributed by atoms with Gasteiger partial charge >= 0.3 is 5.97 Å². The fraction of sp³-hybridized carbons (Fsp3) is 0.174. The zero-order valence-electron chi connectivity index (χ0n) is 19.1. The Bertz CT molecular complexity index is 1320. The number of nitriles is 1. The van der Waals surface area contributed by atoms with Gasteiger partial charge in [0, 0.05) is 11.5 Å². The summed E-state index contributed by atoms with van der Waals surface area (Å²) < 4.78 is 25.3. The maximum Gasteiger partial charge on any atom is 0.343 e. The van der Waals surface area contributed by atoms with Gasteiger partial charge < -0.3 is 18.9 Å². The van der Waals surface area contributed by atoms with Crippen molar-refractivity contribution in [2.75, 3.05) is 32.9 Å². The van der Waals surface area contributed by atoms with Crippen LogP contribution in [0.25, 0.3) is 6.08 Å². The van der Waals surface area contributed by atoms with Crippen molar-refractivity contribution in [3.8, 4) is 29.1 Å². The molecule has 0 atom stereocenters. The second kappa shape index (κ2) is 11.9. The molecule has 180 valence electrons. The van der Waals surface area contributed by atoms with Crippen LogP contribution in [0.15, 0.2) is 47.1 Å². The number of aromatic nitrogens is 2. The minimum Gasteiger partial charge on any atom is -0.493 e. The molecule has 0 fully saturated rings. The predicted molar refractivity (Wildman–Crippen MR) is 131 cm³/mol. The molecule has 35 heavy (non-hydrogen) atoms. The Morgan fingerprint density at radius 1 is 1.03 bits per heavy atom. The van der Waals surface area contributed by atoms with Crippen LogP contribution in [0.2, 0.25) is 0 Å². The number of amides is 1. The first-order valence-corrected chi connectivity index (χ1v) is 11.8. The number of benzene rings is 2. The molecule has 0 saturated heterocycles. The van der Waals surface area contributed by atoms with Crippen molar-refractivity contribution in [3.05, 3.63) is 53.1 Å². The van der Waals surface area contributed by atoms with Gasteiger partial charge in [-0.05, 0) is 48.2 Å². The van der Waals surface area contributed by atoms with Gasteiger partial charge in [0.2, 0.25) is 10.3 Å². The summed E-state index contributed by atoms with van der Waals surface area (Å²) in [4.78, 5) is 29.3. The average Bonchev–Trinajstić information content (AvgIpc) is 3.34. The maximum atomic E-state index is 12.7. The topological polar surface area (TPSA) is 133 Å². The molecule has 0 radical (unpaired) electrons. The summed E-state index contributed by atoms with van der Waals surface area (Å²) in [5.74, 6) is -0.00350. The smallest absolute Gasteiger partial charge is 0.343 e. The van der Waals surface area contributed by atoms with Crippen LogP contribution < -0.4 is 24.3 Å². The van der Waals surface area contributed by atoms with Crippen molar-refractivity contribution in [2.45, 2.75) is 5.16 Å². The number of methoxy groups -OCH3 is 3. The van der Waals surface area contributed by atoms with E-state index in [1.807, 2.05) is 12.3 Å². The molecule has 0 saturated carbocycles. The van der Waals surface area contributed by atoms with E-state index in [0.29, 0.717) is 22.2 Å². The summed E-state index contributed by atoms with van der Waals surface area (Å²) in [5.41, 5.74) is 0.586. The molecule has 1 heterocycles. The van der Waals surface area contributed by atoms with Crippen LogP contribution in [0, 0.1) is 11.3 Å². The Kier molecular flexibility index (Phi) is 8.66. The molecule has 1 aromatic heterocycles. The van der Waals surface area contributed by atoms with Crippen LogP contribution in [0.4, 0.5) is 5.13 Å². The molecule has 0 spiro atoms. The van der Waals surface area contributed by atoms with Crippen LogP contribution in [0.3, 0.4) is 0 Å². The molecule has 0 aliphatic rings. The summed E-state index contributed by atoms with van der Waals surface area (Å²) in [7, 11) is 4.37. The Balaban J connectivity index is 1.79. The maximum absolute atomic E-state index is 12.7. The zero-order valence-corrected chi connectivity index (χ0v) is 20.8. The van der Waals surface area contributed by atoms with E-state index in [2.05, 4.69) is 14.7 Å². The number of thioether (sulfide) groups is 1. The Hall–Kier alpha value is -4.08. The van der Waals surface area contributed by atoms with Crippen molar-refractivity contribution in [1.29, 1.82) is 5.26 Å². The molecule has 0 unspecified atom stereocenters. The lowest BCUT2D eigenvalue weighted by atomic mass is 10.1.